The minimum Gasteiger partial charge on any atom is -0.356 e. The van der Waals surface area contributed by atoms with Gasteiger partial charge in [0, 0.05) is 30.1 Å². The highest BCUT2D eigenvalue weighted by atomic mass is 15.2. The number of hydrogen-bond donors (Lipinski definition) is 0. The van der Waals surface area contributed by atoms with Gasteiger partial charge in [-0.05, 0) is 43.6 Å². The number of hydrogen-bond acceptors (Lipinski definition) is 2. The van der Waals surface area contributed by atoms with Crippen molar-refractivity contribution < 1.29 is 0 Å². The second kappa shape index (κ2) is 4.52. The highest BCUT2D eigenvalue weighted by Crippen LogP contribution is 2.41. The second-order valence-electron chi connectivity index (χ2n) is 5.91. The van der Waals surface area contributed by atoms with Crippen LogP contribution in [-0.4, -0.2) is 18.1 Å². The third kappa shape index (κ3) is 2.09. The van der Waals surface area contributed by atoms with E-state index in [1.807, 2.05) is 0 Å². The smallest absolute Gasteiger partial charge is 0.136 e. The lowest BCUT2D eigenvalue weighted by molar-refractivity contribution is 0.574. The Morgan fingerprint density at radius 3 is 2.58 bits per heavy atom. The van der Waals surface area contributed by atoms with Crippen LogP contribution in [-0.2, 0) is 0 Å². The SMILES string of the molecule is c1ccc2c(N3CCCCC3)nc(C3CC3)cc2c1. The molecule has 0 radical (unpaired) electrons. The van der Waals surface area contributed by atoms with Crippen molar-refractivity contribution >= 4 is 16.6 Å². The fraction of sp³-hybridized carbons (Fsp3) is 0.471. The maximum atomic E-state index is 5.01. The summed E-state index contributed by atoms with van der Waals surface area (Å²) in [6, 6.07) is 11.0. The van der Waals surface area contributed by atoms with E-state index in [2.05, 4.69) is 35.2 Å². The Morgan fingerprint density at radius 1 is 1.00 bits per heavy atom. The van der Waals surface area contributed by atoms with Gasteiger partial charge in [0.1, 0.15) is 5.82 Å². The summed E-state index contributed by atoms with van der Waals surface area (Å²) in [4.78, 5) is 7.51. The van der Waals surface area contributed by atoms with Gasteiger partial charge in [-0.15, -0.1) is 0 Å². The molecule has 2 heteroatoms. The summed E-state index contributed by atoms with van der Waals surface area (Å²) >= 11 is 0. The summed E-state index contributed by atoms with van der Waals surface area (Å²) < 4.78 is 0. The van der Waals surface area contributed by atoms with Crippen molar-refractivity contribution in [1.29, 1.82) is 0 Å². The lowest BCUT2D eigenvalue weighted by Gasteiger charge is -2.29. The molecule has 0 unspecified atom stereocenters. The van der Waals surface area contributed by atoms with E-state index in [4.69, 9.17) is 4.98 Å². The second-order valence-corrected chi connectivity index (χ2v) is 5.91. The predicted octanol–water partition coefficient (Wildman–Crippen LogP) is 4.10. The zero-order chi connectivity index (χ0) is 12.7. The zero-order valence-corrected chi connectivity index (χ0v) is 11.3. The number of rotatable bonds is 2. The minimum absolute atomic E-state index is 0.730. The molecule has 0 spiro atoms. The molecule has 1 aromatic heterocycles. The van der Waals surface area contributed by atoms with Crippen molar-refractivity contribution in [3.8, 4) is 0 Å². The molecule has 4 rings (SSSR count). The molecule has 2 nitrogen and oxygen atoms in total. The molecule has 2 heterocycles. The first-order chi connectivity index (χ1) is 9.42. The van der Waals surface area contributed by atoms with Gasteiger partial charge in [0.15, 0.2) is 0 Å². The van der Waals surface area contributed by atoms with Crippen LogP contribution in [0.4, 0.5) is 5.82 Å². The Kier molecular flexibility index (Phi) is 2.68. The highest BCUT2D eigenvalue weighted by molar-refractivity contribution is 5.92. The van der Waals surface area contributed by atoms with E-state index in [9.17, 15) is 0 Å². The Balaban J connectivity index is 1.85. The summed E-state index contributed by atoms with van der Waals surface area (Å²) in [5, 5.41) is 2.69. The van der Waals surface area contributed by atoms with Gasteiger partial charge in [-0.3, -0.25) is 0 Å². The third-order valence-corrected chi connectivity index (χ3v) is 4.39. The third-order valence-electron chi connectivity index (χ3n) is 4.39. The van der Waals surface area contributed by atoms with Crippen LogP contribution in [0.3, 0.4) is 0 Å². The molecule has 19 heavy (non-hydrogen) atoms. The molecular formula is C17H20N2. The molecule has 0 atom stereocenters. The van der Waals surface area contributed by atoms with E-state index >= 15 is 0 Å². The Labute approximate surface area is 114 Å². The van der Waals surface area contributed by atoms with Crippen molar-refractivity contribution in [2.24, 2.45) is 0 Å². The van der Waals surface area contributed by atoms with Crippen molar-refractivity contribution in [3.63, 3.8) is 0 Å². The highest BCUT2D eigenvalue weighted by Gasteiger charge is 2.27. The van der Waals surface area contributed by atoms with Crippen molar-refractivity contribution in [3.05, 3.63) is 36.0 Å². The standard InChI is InChI=1S/C17H20N2/c1-4-10-19(11-5-1)17-15-7-3-2-6-14(15)12-16(18-17)13-8-9-13/h2-3,6-7,12-13H,1,4-5,8-11H2. The number of piperidine rings is 1. The van der Waals surface area contributed by atoms with Crippen LogP contribution in [0.5, 0.6) is 0 Å². The van der Waals surface area contributed by atoms with Crippen molar-refractivity contribution in [1.82, 2.24) is 4.98 Å². The number of anilines is 1. The van der Waals surface area contributed by atoms with E-state index in [-0.39, 0.29) is 0 Å². The van der Waals surface area contributed by atoms with Crippen LogP contribution in [0.1, 0.15) is 43.7 Å². The molecule has 2 fully saturated rings. The van der Waals surface area contributed by atoms with E-state index in [0.29, 0.717) is 0 Å². The van der Waals surface area contributed by atoms with E-state index in [0.717, 1.165) is 5.92 Å². The van der Waals surface area contributed by atoms with Gasteiger partial charge < -0.3 is 4.90 Å². The average molecular weight is 252 g/mol. The quantitative estimate of drug-likeness (QED) is 0.800. The summed E-state index contributed by atoms with van der Waals surface area (Å²) in [5.74, 6) is 1.97. The summed E-state index contributed by atoms with van der Waals surface area (Å²) in [7, 11) is 0. The van der Waals surface area contributed by atoms with Gasteiger partial charge >= 0.3 is 0 Å². The Hall–Kier alpha value is -1.57. The van der Waals surface area contributed by atoms with Gasteiger partial charge in [-0.2, -0.15) is 0 Å². The zero-order valence-electron chi connectivity index (χ0n) is 11.3. The Morgan fingerprint density at radius 2 is 1.79 bits per heavy atom. The van der Waals surface area contributed by atoms with Gasteiger partial charge in [0.05, 0.1) is 0 Å². The normalized spacial score (nSPS) is 19.9. The molecule has 2 aliphatic rings. The van der Waals surface area contributed by atoms with Crippen molar-refractivity contribution in [2.75, 3.05) is 18.0 Å². The summed E-state index contributed by atoms with van der Waals surface area (Å²) in [6.07, 6.45) is 6.64. The molecule has 2 aromatic rings. The molecule has 1 aliphatic carbocycles. The maximum Gasteiger partial charge on any atom is 0.136 e. The van der Waals surface area contributed by atoms with Crippen LogP contribution in [0, 0.1) is 0 Å². The van der Waals surface area contributed by atoms with Gasteiger partial charge in [-0.25, -0.2) is 4.98 Å². The lowest BCUT2D eigenvalue weighted by Crippen LogP contribution is -2.30. The lowest BCUT2D eigenvalue weighted by atomic mass is 10.1. The molecule has 1 aromatic carbocycles. The van der Waals surface area contributed by atoms with Crippen LogP contribution in [0.15, 0.2) is 30.3 Å². The number of benzene rings is 1. The van der Waals surface area contributed by atoms with E-state index in [1.54, 1.807) is 0 Å². The van der Waals surface area contributed by atoms with Crippen LogP contribution in [0.2, 0.25) is 0 Å². The van der Waals surface area contributed by atoms with Crippen LogP contribution >= 0.6 is 0 Å². The molecular weight excluding hydrogens is 232 g/mol. The van der Waals surface area contributed by atoms with E-state index in [1.165, 1.54) is 67.5 Å². The fourth-order valence-electron chi connectivity index (χ4n) is 3.14. The first kappa shape index (κ1) is 11.3. The summed E-state index contributed by atoms with van der Waals surface area (Å²) in [5.41, 5.74) is 1.32. The average Bonchev–Trinajstić information content (AvgIpc) is 3.32. The fourth-order valence-corrected chi connectivity index (χ4v) is 3.14. The first-order valence-electron chi connectivity index (χ1n) is 7.56. The van der Waals surface area contributed by atoms with Gasteiger partial charge in [0.25, 0.3) is 0 Å². The van der Waals surface area contributed by atoms with Crippen LogP contribution in [0.25, 0.3) is 10.8 Å². The Bertz CT molecular complexity index is 595. The van der Waals surface area contributed by atoms with Gasteiger partial charge in [-0.1, -0.05) is 24.3 Å². The number of aromatic nitrogens is 1. The van der Waals surface area contributed by atoms with E-state index < -0.39 is 0 Å². The molecule has 0 bridgehead atoms. The first-order valence-corrected chi connectivity index (χ1v) is 7.56. The molecule has 1 saturated carbocycles. The monoisotopic (exact) mass is 252 g/mol. The molecule has 98 valence electrons. The molecule has 0 amide bonds. The summed E-state index contributed by atoms with van der Waals surface area (Å²) in [6.45, 7) is 2.34. The number of nitrogens with zero attached hydrogens (tertiary/aromatic N) is 2. The minimum atomic E-state index is 0.730. The maximum absolute atomic E-state index is 5.01. The topological polar surface area (TPSA) is 16.1 Å². The molecule has 1 aliphatic heterocycles. The number of pyridine rings is 1. The van der Waals surface area contributed by atoms with Gasteiger partial charge in [0.2, 0.25) is 0 Å². The predicted molar refractivity (Wildman–Crippen MR) is 79.8 cm³/mol. The largest absolute Gasteiger partial charge is 0.356 e. The molecule has 1 saturated heterocycles. The molecule has 0 N–H and O–H groups in total. The number of fused-ring (bicyclic) bond motifs is 1. The van der Waals surface area contributed by atoms with Crippen molar-refractivity contribution in [2.45, 2.75) is 38.0 Å². The van der Waals surface area contributed by atoms with Crippen LogP contribution < -0.4 is 4.90 Å².